The van der Waals surface area contributed by atoms with Gasteiger partial charge in [-0.25, -0.2) is 0 Å². The molecule has 5 nitrogen and oxygen atoms in total. The van der Waals surface area contributed by atoms with Gasteiger partial charge in [0.25, 0.3) is 0 Å². The van der Waals surface area contributed by atoms with Crippen LogP contribution in [0.3, 0.4) is 0 Å². The Hall–Kier alpha value is -1.14. The van der Waals surface area contributed by atoms with Gasteiger partial charge in [-0.3, -0.25) is 0 Å². The monoisotopic (exact) mass is 283 g/mol. The first-order valence-corrected chi connectivity index (χ1v) is 6.99. The van der Waals surface area contributed by atoms with Crippen LogP contribution in [0.5, 0.6) is 5.75 Å². The van der Waals surface area contributed by atoms with E-state index in [0.29, 0.717) is 46.2 Å². The maximum absolute atomic E-state index is 5.50. The van der Waals surface area contributed by atoms with Gasteiger partial charge in [0.1, 0.15) is 12.4 Å². The third-order valence-electron chi connectivity index (χ3n) is 2.48. The fourth-order valence-electron chi connectivity index (χ4n) is 1.45. The molecule has 0 atom stereocenters. The van der Waals surface area contributed by atoms with E-state index in [1.165, 1.54) is 0 Å². The number of hydrogen-bond donors (Lipinski definition) is 1. The summed E-state index contributed by atoms with van der Waals surface area (Å²) in [6, 6.07) is 9.71. The third kappa shape index (κ3) is 9.75. The van der Waals surface area contributed by atoms with Crippen LogP contribution in [0.2, 0.25) is 0 Å². The average molecular weight is 283 g/mol. The number of para-hydroxylation sites is 1. The van der Waals surface area contributed by atoms with Crippen molar-refractivity contribution in [1.29, 1.82) is 0 Å². The Morgan fingerprint density at radius 2 is 1.30 bits per heavy atom. The Labute approximate surface area is 121 Å². The Bertz CT molecular complexity index is 308. The Morgan fingerprint density at radius 1 is 0.750 bits per heavy atom. The van der Waals surface area contributed by atoms with Gasteiger partial charge in [0.15, 0.2) is 0 Å². The topological polar surface area (TPSA) is 49.0 Å². The second kappa shape index (κ2) is 12.9. The van der Waals surface area contributed by atoms with Crippen molar-refractivity contribution in [3.63, 3.8) is 0 Å². The lowest BCUT2D eigenvalue weighted by molar-refractivity contribution is 0.0100. The van der Waals surface area contributed by atoms with E-state index in [1.807, 2.05) is 37.4 Å². The zero-order valence-electron chi connectivity index (χ0n) is 12.2. The summed E-state index contributed by atoms with van der Waals surface area (Å²) < 4.78 is 21.6. The molecule has 5 heteroatoms. The van der Waals surface area contributed by atoms with Crippen molar-refractivity contribution in [2.45, 2.75) is 0 Å². The van der Waals surface area contributed by atoms with E-state index in [9.17, 15) is 0 Å². The largest absolute Gasteiger partial charge is 0.491 e. The molecule has 1 aromatic carbocycles. The summed E-state index contributed by atoms with van der Waals surface area (Å²) >= 11 is 0. The number of nitrogens with one attached hydrogen (secondary N) is 1. The Balaban J connectivity index is 1.77. The molecule has 0 spiro atoms. The normalized spacial score (nSPS) is 10.7. The van der Waals surface area contributed by atoms with Gasteiger partial charge in [-0.15, -0.1) is 0 Å². The summed E-state index contributed by atoms with van der Waals surface area (Å²) in [5, 5.41) is 3.01. The molecular formula is C15H25NO4. The van der Waals surface area contributed by atoms with Gasteiger partial charge in [0.05, 0.1) is 39.6 Å². The lowest BCUT2D eigenvalue weighted by Crippen LogP contribution is -2.17. The molecule has 1 rings (SSSR count). The van der Waals surface area contributed by atoms with Gasteiger partial charge >= 0.3 is 0 Å². The van der Waals surface area contributed by atoms with Crippen molar-refractivity contribution < 1.29 is 18.9 Å². The zero-order chi connectivity index (χ0) is 14.3. The Kier molecular flexibility index (Phi) is 10.9. The highest BCUT2D eigenvalue weighted by molar-refractivity contribution is 5.20. The van der Waals surface area contributed by atoms with Crippen LogP contribution in [0, 0.1) is 0 Å². The number of likely N-dealkylation sites (N-methyl/N-ethyl adjacent to an activating group) is 1. The maximum atomic E-state index is 5.50. The molecule has 0 fully saturated rings. The van der Waals surface area contributed by atoms with E-state index in [1.54, 1.807) is 0 Å². The first-order chi connectivity index (χ1) is 9.93. The van der Waals surface area contributed by atoms with Crippen LogP contribution < -0.4 is 10.1 Å². The molecule has 0 aromatic heterocycles. The van der Waals surface area contributed by atoms with E-state index in [4.69, 9.17) is 18.9 Å². The van der Waals surface area contributed by atoms with Crippen molar-refractivity contribution in [2.75, 3.05) is 59.8 Å². The van der Waals surface area contributed by atoms with Crippen LogP contribution in [-0.4, -0.2) is 59.8 Å². The highest BCUT2D eigenvalue weighted by Gasteiger charge is 1.93. The van der Waals surface area contributed by atoms with E-state index in [-0.39, 0.29) is 0 Å². The van der Waals surface area contributed by atoms with Crippen molar-refractivity contribution >= 4 is 0 Å². The van der Waals surface area contributed by atoms with E-state index < -0.39 is 0 Å². The standard InChI is InChI=1S/C15H25NO4/c1-16-7-8-17-9-10-18-11-12-19-13-14-20-15-5-3-2-4-6-15/h2-6,16H,7-14H2,1H3. The summed E-state index contributed by atoms with van der Waals surface area (Å²) in [4.78, 5) is 0. The molecule has 0 unspecified atom stereocenters. The summed E-state index contributed by atoms with van der Waals surface area (Å²) in [5.74, 6) is 0.867. The van der Waals surface area contributed by atoms with Gasteiger partial charge in [0.2, 0.25) is 0 Å². The van der Waals surface area contributed by atoms with Crippen molar-refractivity contribution in [3.05, 3.63) is 30.3 Å². The zero-order valence-corrected chi connectivity index (χ0v) is 12.2. The highest BCUT2D eigenvalue weighted by atomic mass is 16.6. The van der Waals surface area contributed by atoms with Crippen LogP contribution in [0.1, 0.15) is 0 Å². The van der Waals surface area contributed by atoms with E-state index >= 15 is 0 Å². The van der Waals surface area contributed by atoms with E-state index in [0.717, 1.165) is 12.3 Å². The summed E-state index contributed by atoms with van der Waals surface area (Å²) in [6.07, 6.45) is 0. The predicted octanol–water partition coefficient (Wildman–Crippen LogP) is 1.33. The minimum absolute atomic E-state index is 0.553. The minimum atomic E-state index is 0.553. The summed E-state index contributed by atoms with van der Waals surface area (Å²) in [7, 11) is 1.90. The second-order valence-electron chi connectivity index (χ2n) is 4.10. The quantitative estimate of drug-likeness (QED) is 0.554. The van der Waals surface area contributed by atoms with Gasteiger partial charge in [-0.1, -0.05) is 18.2 Å². The van der Waals surface area contributed by atoms with Crippen LogP contribution in [-0.2, 0) is 14.2 Å². The van der Waals surface area contributed by atoms with Crippen LogP contribution >= 0.6 is 0 Å². The predicted molar refractivity (Wildman–Crippen MR) is 78.3 cm³/mol. The molecule has 1 N–H and O–H groups in total. The second-order valence-corrected chi connectivity index (χ2v) is 4.10. The third-order valence-corrected chi connectivity index (χ3v) is 2.48. The smallest absolute Gasteiger partial charge is 0.119 e. The minimum Gasteiger partial charge on any atom is -0.491 e. The van der Waals surface area contributed by atoms with Gasteiger partial charge in [-0.05, 0) is 19.2 Å². The fourth-order valence-corrected chi connectivity index (χ4v) is 1.45. The van der Waals surface area contributed by atoms with Crippen LogP contribution in [0.25, 0.3) is 0 Å². The number of rotatable bonds is 13. The molecule has 0 radical (unpaired) electrons. The van der Waals surface area contributed by atoms with Crippen molar-refractivity contribution in [3.8, 4) is 5.75 Å². The molecule has 0 aliphatic rings. The molecule has 0 amide bonds. The first kappa shape index (κ1) is 16.9. The van der Waals surface area contributed by atoms with Gasteiger partial charge in [-0.2, -0.15) is 0 Å². The first-order valence-electron chi connectivity index (χ1n) is 6.99. The number of ether oxygens (including phenoxy) is 4. The molecule has 1 aromatic rings. The molecule has 0 saturated carbocycles. The van der Waals surface area contributed by atoms with E-state index in [2.05, 4.69) is 5.32 Å². The SMILES string of the molecule is CNCCOCCOCCOCCOc1ccccc1. The fraction of sp³-hybridized carbons (Fsp3) is 0.600. The number of hydrogen-bond acceptors (Lipinski definition) is 5. The Morgan fingerprint density at radius 3 is 1.90 bits per heavy atom. The molecule has 0 saturated heterocycles. The average Bonchev–Trinajstić information content (AvgIpc) is 2.49. The molecule has 0 bridgehead atoms. The van der Waals surface area contributed by atoms with Crippen molar-refractivity contribution in [1.82, 2.24) is 5.32 Å². The number of benzene rings is 1. The molecule has 20 heavy (non-hydrogen) atoms. The lowest BCUT2D eigenvalue weighted by Gasteiger charge is -2.08. The highest BCUT2D eigenvalue weighted by Crippen LogP contribution is 2.07. The molecule has 0 heterocycles. The lowest BCUT2D eigenvalue weighted by atomic mass is 10.3. The van der Waals surface area contributed by atoms with Crippen LogP contribution in [0.4, 0.5) is 0 Å². The molecular weight excluding hydrogens is 258 g/mol. The summed E-state index contributed by atoms with van der Waals surface area (Å²) in [6.45, 7) is 5.09. The van der Waals surface area contributed by atoms with Gasteiger partial charge in [0, 0.05) is 6.54 Å². The van der Waals surface area contributed by atoms with Crippen LogP contribution in [0.15, 0.2) is 30.3 Å². The van der Waals surface area contributed by atoms with Gasteiger partial charge < -0.3 is 24.3 Å². The molecule has 114 valence electrons. The maximum Gasteiger partial charge on any atom is 0.119 e. The van der Waals surface area contributed by atoms with Crippen molar-refractivity contribution in [2.24, 2.45) is 0 Å². The molecule has 0 aliphatic carbocycles. The summed E-state index contributed by atoms with van der Waals surface area (Å²) in [5.41, 5.74) is 0. The molecule has 0 aliphatic heterocycles.